The maximum absolute atomic E-state index is 11.1. The number of ether oxygens (including phenoxy) is 2. The van der Waals surface area contributed by atoms with E-state index in [1.54, 1.807) is 13.3 Å². The fraction of sp³-hybridized carbons (Fsp3) is 0.273. The molecule has 0 unspecified atom stereocenters. The number of cyclic esters (lactones) is 1. The van der Waals surface area contributed by atoms with E-state index in [2.05, 4.69) is 5.10 Å². The number of carbonyl (C=O) groups is 1. The SMILES string of the molecule is COc1ccc(/C=N/N2CCOC2=O)cc1. The molecule has 0 bridgehead atoms. The third-order valence-electron chi connectivity index (χ3n) is 2.20. The molecule has 1 aromatic carbocycles. The minimum absolute atomic E-state index is 0.398. The molecular weight excluding hydrogens is 208 g/mol. The van der Waals surface area contributed by atoms with E-state index in [9.17, 15) is 4.79 Å². The Kier molecular flexibility index (Phi) is 3.05. The van der Waals surface area contributed by atoms with Crippen LogP contribution in [0.1, 0.15) is 5.56 Å². The van der Waals surface area contributed by atoms with Crippen molar-refractivity contribution in [3.8, 4) is 5.75 Å². The van der Waals surface area contributed by atoms with Crippen molar-refractivity contribution in [3.63, 3.8) is 0 Å². The Balaban J connectivity index is 2.02. The van der Waals surface area contributed by atoms with Gasteiger partial charge >= 0.3 is 6.09 Å². The van der Waals surface area contributed by atoms with Crippen LogP contribution in [0.4, 0.5) is 4.79 Å². The lowest BCUT2D eigenvalue weighted by Gasteiger charge is -2.03. The molecule has 1 aliphatic heterocycles. The molecule has 0 spiro atoms. The zero-order chi connectivity index (χ0) is 11.4. The van der Waals surface area contributed by atoms with Gasteiger partial charge in [-0.25, -0.2) is 4.79 Å². The maximum atomic E-state index is 11.1. The van der Waals surface area contributed by atoms with E-state index in [0.29, 0.717) is 13.2 Å². The molecule has 0 aromatic heterocycles. The van der Waals surface area contributed by atoms with Crippen molar-refractivity contribution in [1.82, 2.24) is 5.01 Å². The molecule has 1 saturated heterocycles. The molecule has 1 aromatic rings. The van der Waals surface area contributed by atoms with Crippen molar-refractivity contribution < 1.29 is 14.3 Å². The summed E-state index contributed by atoms with van der Waals surface area (Å²) in [5.74, 6) is 0.790. The highest BCUT2D eigenvalue weighted by Gasteiger charge is 2.20. The molecule has 0 aliphatic carbocycles. The van der Waals surface area contributed by atoms with Crippen LogP contribution in [0.5, 0.6) is 5.75 Å². The molecule has 16 heavy (non-hydrogen) atoms. The fourth-order valence-corrected chi connectivity index (χ4v) is 1.32. The minimum Gasteiger partial charge on any atom is -0.497 e. The van der Waals surface area contributed by atoms with Gasteiger partial charge in [-0.2, -0.15) is 10.1 Å². The van der Waals surface area contributed by atoms with Gasteiger partial charge < -0.3 is 9.47 Å². The highest BCUT2D eigenvalue weighted by atomic mass is 16.6. The first kappa shape index (κ1) is 10.5. The van der Waals surface area contributed by atoms with Crippen LogP contribution in [0.2, 0.25) is 0 Å². The first-order valence-corrected chi connectivity index (χ1v) is 4.92. The second kappa shape index (κ2) is 4.65. The molecular formula is C11H12N2O3. The van der Waals surface area contributed by atoms with Crippen molar-refractivity contribution in [3.05, 3.63) is 29.8 Å². The summed E-state index contributed by atoms with van der Waals surface area (Å²) in [7, 11) is 1.61. The summed E-state index contributed by atoms with van der Waals surface area (Å²) < 4.78 is 9.78. The summed E-state index contributed by atoms with van der Waals surface area (Å²) in [6.45, 7) is 0.907. The van der Waals surface area contributed by atoms with Crippen molar-refractivity contribution in [2.45, 2.75) is 0 Å². The number of nitrogens with zero attached hydrogens (tertiary/aromatic N) is 2. The Morgan fingerprint density at radius 2 is 2.19 bits per heavy atom. The number of hydrogen-bond acceptors (Lipinski definition) is 4. The summed E-state index contributed by atoms with van der Waals surface area (Å²) in [6, 6.07) is 7.40. The standard InChI is InChI=1S/C11H12N2O3/c1-15-10-4-2-9(3-5-10)8-12-13-6-7-16-11(13)14/h2-5,8H,6-7H2,1H3/b12-8+. The van der Waals surface area contributed by atoms with Crippen LogP contribution in [-0.2, 0) is 4.74 Å². The molecule has 0 atom stereocenters. The second-order valence-electron chi connectivity index (χ2n) is 3.26. The highest BCUT2D eigenvalue weighted by Crippen LogP contribution is 2.10. The van der Waals surface area contributed by atoms with Crippen molar-refractivity contribution in [2.24, 2.45) is 5.10 Å². The zero-order valence-electron chi connectivity index (χ0n) is 8.92. The van der Waals surface area contributed by atoms with Crippen molar-refractivity contribution in [2.75, 3.05) is 20.3 Å². The quantitative estimate of drug-likeness (QED) is 0.725. The van der Waals surface area contributed by atoms with Gasteiger partial charge in [0.05, 0.1) is 19.9 Å². The van der Waals surface area contributed by atoms with Gasteiger partial charge in [0.25, 0.3) is 0 Å². The van der Waals surface area contributed by atoms with E-state index in [-0.39, 0.29) is 0 Å². The van der Waals surface area contributed by atoms with Crippen LogP contribution in [0.3, 0.4) is 0 Å². The lowest BCUT2D eigenvalue weighted by Crippen LogP contribution is -2.17. The number of carbonyl (C=O) groups excluding carboxylic acids is 1. The van der Waals surface area contributed by atoms with Gasteiger partial charge in [-0.15, -0.1) is 0 Å². The third-order valence-corrected chi connectivity index (χ3v) is 2.20. The predicted octanol–water partition coefficient (Wildman–Crippen LogP) is 1.48. The summed E-state index contributed by atoms with van der Waals surface area (Å²) in [4.78, 5) is 11.1. The first-order chi connectivity index (χ1) is 7.79. The molecule has 2 rings (SSSR count). The summed E-state index contributed by atoms with van der Waals surface area (Å²) in [5.41, 5.74) is 0.903. The fourth-order valence-electron chi connectivity index (χ4n) is 1.32. The summed E-state index contributed by atoms with van der Waals surface area (Å²) in [5, 5.41) is 5.32. The molecule has 1 amide bonds. The smallest absolute Gasteiger partial charge is 0.430 e. The molecule has 1 fully saturated rings. The lowest BCUT2D eigenvalue weighted by atomic mass is 10.2. The van der Waals surface area contributed by atoms with Gasteiger partial charge in [-0.05, 0) is 29.8 Å². The van der Waals surface area contributed by atoms with Crippen LogP contribution < -0.4 is 4.74 Å². The highest BCUT2D eigenvalue weighted by molar-refractivity contribution is 5.81. The van der Waals surface area contributed by atoms with Crippen LogP contribution in [-0.4, -0.2) is 37.6 Å². The Morgan fingerprint density at radius 3 is 2.75 bits per heavy atom. The number of hydrazone groups is 1. The van der Waals surface area contributed by atoms with Crippen molar-refractivity contribution >= 4 is 12.3 Å². The molecule has 84 valence electrons. The number of amides is 1. The predicted molar refractivity (Wildman–Crippen MR) is 58.6 cm³/mol. The average molecular weight is 220 g/mol. The summed E-state index contributed by atoms with van der Waals surface area (Å²) in [6.07, 6.45) is 1.22. The Hall–Kier alpha value is -2.04. The molecule has 5 heteroatoms. The van der Waals surface area contributed by atoms with Gasteiger partial charge in [0, 0.05) is 0 Å². The van der Waals surface area contributed by atoms with Crippen LogP contribution in [0.25, 0.3) is 0 Å². The van der Waals surface area contributed by atoms with E-state index in [1.807, 2.05) is 24.3 Å². The van der Waals surface area contributed by atoms with Gasteiger partial charge in [0.15, 0.2) is 0 Å². The number of benzene rings is 1. The summed E-state index contributed by atoms with van der Waals surface area (Å²) >= 11 is 0. The number of methoxy groups -OCH3 is 1. The molecule has 0 radical (unpaired) electrons. The van der Waals surface area contributed by atoms with E-state index in [0.717, 1.165) is 11.3 Å². The van der Waals surface area contributed by atoms with E-state index >= 15 is 0 Å². The Morgan fingerprint density at radius 1 is 1.44 bits per heavy atom. The first-order valence-electron chi connectivity index (χ1n) is 4.92. The van der Waals surface area contributed by atoms with Gasteiger partial charge in [-0.3, -0.25) is 0 Å². The molecule has 1 aliphatic rings. The molecule has 5 nitrogen and oxygen atoms in total. The van der Waals surface area contributed by atoms with E-state index in [4.69, 9.17) is 9.47 Å². The topological polar surface area (TPSA) is 51.1 Å². The number of rotatable bonds is 3. The minimum atomic E-state index is -0.398. The normalized spacial score (nSPS) is 15.6. The third kappa shape index (κ3) is 2.31. The maximum Gasteiger partial charge on any atom is 0.430 e. The molecule has 0 saturated carbocycles. The second-order valence-corrected chi connectivity index (χ2v) is 3.26. The van der Waals surface area contributed by atoms with Crippen molar-refractivity contribution in [1.29, 1.82) is 0 Å². The van der Waals surface area contributed by atoms with Crippen LogP contribution in [0.15, 0.2) is 29.4 Å². The Bertz CT molecular complexity index is 400. The lowest BCUT2D eigenvalue weighted by molar-refractivity contribution is 0.159. The molecule has 1 heterocycles. The average Bonchev–Trinajstić information content (AvgIpc) is 2.73. The monoisotopic (exact) mass is 220 g/mol. The van der Waals surface area contributed by atoms with E-state index < -0.39 is 6.09 Å². The largest absolute Gasteiger partial charge is 0.497 e. The van der Waals surface area contributed by atoms with Gasteiger partial charge in [0.1, 0.15) is 12.4 Å². The molecule has 0 N–H and O–H groups in total. The van der Waals surface area contributed by atoms with Gasteiger partial charge in [0.2, 0.25) is 0 Å². The Labute approximate surface area is 93.3 Å². The number of hydrogen-bond donors (Lipinski definition) is 0. The van der Waals surface area contributed by atoms with Crippen LogP contribution >= 0.6 is 0 Å². The van der Waals surface area contributed by atoms with E-state index in [1.165, 1.54) is 5.01 Å². The van der Waals surface area contributed by atoms with Crippen LogP contribution in [0, 0.1) is 0 Å². The van der Waals surface area contributed by atoms with Gasteiger partial charge in [-0.1, -0.05) is 0 Å². The zero-order valence-corrected chi connectivity index (χ0v) is 8.92.